The molecule has 0 bridgehead atoms. The summed E-state index contributed by atoms with van der Waals surface area (Å²) >= 11 is 5.83. The minimum absolute atomic E-state index is 0.0462. The number of hydrogen-bond acceptors (Lipinski definition) is 8. The number of nitro benzene ring substituents is 1. The zero-order chi connectivity index (χ0) is 28.1. The molecule has 0 unspecified atom stereocenters. The number of hydrazone groups is 1. The molecule has 12 heteroatoms. The Morgan fingerprint density at radius 3 is 2.59 bits per heavy atom. The van der Waals surface area contributed by atoms with Crippen molar-refractivity contribution in [3.05, 3.63) is 85.3 Å². The van der Waals surface area contributed by atoms with Gasteiger partial charge < -0.3 is 19.2 Å². The van der Waals surface area contributed by atoms with E-state index in [4.69, 9.17) is 25.5 Å². The first-order valence-electron chi connectivity index (χ1n) is 12.2. The molecule has 1 aliphatic rings. The smallest absolute Gasteiger partial charge is 0.288 e. The second-order valence-electron chi connectivity index (χ2n) is 8.83. The Labute approximate surface area is 229 Å². The molecule has 0 saturated heterocycles. The van der Waals surface area contributed by atoms with Gasteiger partial charge in [0.05, 0.1) is 24.9 Å². The van der Waals surface area contributed by atoms with Crippen LogP contribution in [0.2, 0.25) is 5.02 Å². The molecule has 2 aromatic carbocycles. The number of carbonyl (C=O) groups excluding carboxylic acids is 2. The van der Waals surface area contributed by atoms with Gasteiger partial charge in [0, 0.05) is 35.7 Å². The Morgan fingerprint density at radius 1 is 1.10 bits per heavy atom. The second kappa shape index (κ2) is 12.0. The molecule has 0 atom stereocenters. The fourth-order valence-electron chi connectivity index (χ4n) is 4.41. The molecule has 204 valence electrons. The number of carbonyl (C=O) groups is 2. The van der Waals surface area contributed by atoms with Crippen LogP contribution < -0.4 is 20.2 Å². The molecule has 39 heavy (non-hydrogen) atoms. The maximum absolute atomic E-state index is 12.9. The molecule has 0 spiro atoms. The summed E-state index contributed by atoms with van der Waals surface area (Å²) in [5.41, 5.74) is 4.98. The van der Waals surface area contributed by atoms with Gasteiger partial charge in [0.15, 0.2) is 17.3 Å². The number of nitrogens with one attached hydrogen (secondary N) is 2. The minimum Gasteiger partial charge on any atom is -0.493 e. The van der Waals surface area contributed by atoms with Gasteiger partial charge in [-0.05, 0) is 56.0 Å². The molecule has 2 N–H and O–H groups in total. The van der Waals surface area contributed by atoms with Gasteiger partial charge >= 0.3 is 0 Å². The number of nitro groups is 1. The molecule has 1 aromatic heterocycles. The number of benzene rings is 2. The number of hydrogen-bond donors (Lipinski definition) is 2. The van der Waals surface area contributed by atoms with E-state index in [1.54, 1.807) is 21.1 Å². The Hall–Kier alpha value is -4.38. The van der Waals surface area contributed by atoms with E-state index in [1.807, 2.05) is 18.2 Å². The summed E-state index contributed by atoms with van der Waals surface area (Å²) in [6, 6.07) is 9.35. The van der Waals surface area contributed by atoms with Gasteiger partial charge in [-0.2, -0.15) is 5.10 Å². The molecule has 3 aromatic rings. The van der Waals surface area contributed by atoms with Gasteiger partial charge in [-0.3, -0.25) is 19.7 Å². The van der Waals surface area contributed by atoms with E-state index >= 15 is 0 Å². The van der Waals surface area contributed by atoms with E-state index in [9.17, 15) is 19.7 Å². The normalized spacial score (nSPS) is 13.5. The van der Waals surface area contributed by atoms with E-state index in [0.717, 1.165) is 18.1 Å². The van der Waals surface area contributed by atoms with Crippen LogP contribution in [0.1, 0.15) is 56.2 Å². The topological polar surface area (TPSA) is 145 Å². The lowest BCUT2D eigenvalue weighted by Crippen LogP contribution is -2.26. The van der Waals surface area contributed by atoms with E-state index in [2.05, 4.69) is 15.8 Å². The highest BCUT2D eigenvalue weighted by Gasteiger charge is 2.28. The predicted molar refractivity (Wildman–Crippen MR) is 144 cm³/mol. The molecule has 0 saturated carbocycles. The van der Waals surface area contributed by atoms with Crippen molar-refractivity contribution in [2.45, 2.75) is 32.6 Å². The summed E-state index contributed by atoms with van der Waals surface area (Å²) in [5, 5.41) is 18.2. The van der Waals surface area contributed by atoms with Gasteiger partial charge in [-0.25, -0.2) is 5.43 Å². The number of halogens is 1. The Balaban J connectivity index is 1.45. The molecular weight excluding hydrogens is 528 g/mol. The van der Waals surface area contributed by atoms with Gasteiger partial charge in [-0.1, -0.05) is 17.7 Å². The lowest BCUT2D eigenvalue weighted by Gasteiger charge is -2.13. The second-order valence-corrected chi connectivity index (χ2v) is 9.23. The minimum atomic E-state index is -0.659. The zero-order valence-corrected chi connectivity index (χ0v) is 22.4. The summed E-state index contributed by atoms with van der Waals surface area (Å²) in [7, 11) is 3.14. The van der Waals surface area contributed by atoms with Crippen molar-refractivity contribution in [1.29, 1.82) is 0 Å². The third kappa shape index (κ3) is 6.04. The number of nitrogens with zero attached hydrogens (tertiary/aromatic N) is 2. The van der Waals surface area contributed by atoms with E-state index in [0.29, 0.717) is 59.9 Å². The SMILES string of the molecule is COc1ccc(CCNC(=O)c2oc3c(c2C)/C(=N/NC(=O)c2ccc(Cl)c([N+](=O)[O-])c2)CCC3)cc1OC. The maximum Gasteiger partial charge on any atom is 0.288 e. The number of amides is 2. The van der Waals surface area contributed by atoms with E-state index < -0.39 is 10.8 Å². The highest BCUT2D eigenvalue weighted by molar-refractivity contribution is 6.32. The van der Waals surface area contributed by atoms with Crippen molar-refractivity contribution in [3.8, 4) is 11.5 Å². The third-order valence-corrected chi connectivity index (χ3v) is 6.70. The zero-order valence-electron chi connectivity index (χ0n) is 21.6. The highest BCUT2D eigenvalue weighted by atomic mass is 35.5. The molecule has 11 nitrogen and oxygen atoms in total. The molecule has 1 heterocycles. The molecule has 0 aliphatic heterocycles. The predicted octanol–water partition coefficient (Wildman–Crippen LogP) is 4.61. The fourth-order valence-corrected chi connectivity index (χ4v) is 4.60. The molecule has 2 amide bonds. The van der Waals surface area contributed by atoms with Gasteiger partial charge in [-0.15, -0.1) is 0 Å². The Bertz CT molecular complexity index is 1460. The molecule has 4 rings (SSSR count). The van der Waals surface area contributed by atoms with Crippen molar-refractivity contribution in [2.75, 3.05) is 20.8 Å². The van der Waals surface area contributed by atoms with Crippen molar-refractivity contribution >= 4 is 34.8 Å². The van der Waals surface area contributed by atoms with Crippen LogP contribution in [0.3, 0.4) is 0 Å². The van der Waals surface area contributed by atoms with Crippen LogP contribution in [-0.2, 0) is 12.8 Å². The molecular formula is C27H27ClN4O7. The van der Waals surface area contributed by atoms with E-state index in [-0.39, 0.29) is 27.9 Å². The Kier molecular flexibility index (Phi) is 8.50. The molecule has 0 radical (unpaired) electrons. The number of aryl methyl sites for hydroxylation is 1. The standard InChI is InChI=1S/C27H27ClN4O7/c1-15-24-19(30-31-26(33)17-8-9-18(28)20(14-17)32(35)36)5-4-6-22(24)39-25(15)27(34)29-12-11-16-7-10-21(37-2)23(13-16)38-3/h7-10,13-14H,4-6,11-12H2,1-3H3,(H,29,34)(H,31,33)/b30-19+. The summed E-state index contributed by atoms with van der Waals surface area (Å²) in [6.07, 6.45) is 2.49. The van der Waals surface area contributed by atoms with Crippen molar-refractivity contribution in [1.82, 2.24) is 10.7 Å². The Morgan fingerprint density at radius 2 is 1.87 bits per heavy atom. The highest BCUT2D eigenvalue weighted by Crippen LogP contribution is 2.31. The van der Waals surface area contributed by atoms with Crippen molar-refractivity contribution in [3.63, 3.8) is 0 Å². The molecule has 0 fully saturated rings. The van der Waals surface area contributed by atoms with Crippen molar-refractivity contribution < 1.29 is 28.4 Å². The maximum atomic E-state index is 12.9. The number of rotatable bonds is 9. The average Bonchev–Trinajstić information content (AvgIpc) is 3.28. The summed E-state index contributed by atoms with van der Waals surface area (Å²) < 4.78 is 16.5. The van der Waals surface area contributed by atoms with Crippen LogP contribution in [0.4, 0.5) is 5.69 Å². The van der Waals surface area contributed by atoms with Crippen LogP contribution in [0, 0.1) is 17.0 Å². The van der Waals surface area contributed by atoms with E-state index in [1.165, 1.54) is 12.1 Å². The number of methoxy groups -OCH3 is 2. The number of ether oxygens (including phenoxy) is 2. The first-order chi connectivity index (χ1) is 18.7. The lowest BCUT2D eigenvalue weighted by atomic mass is 9.93. The van der Waals surface area contributed by atoms with Crippen LogP contribution in [0.25, 0.3) is 0 Å². The quantitative estimate of drug-likeness (QED) is 0.290. The van der Waals surface area contributed by atoms with Crippen LogP contribution >= 0.6 is 11.6 Å². The van der Waals surface area contributed by atoms with Crippen LogP contribution in [0.15, 0.2) is 45.9 Å². The van der Waals surface area contributed by atoms with Gasteiger partial charge in [0.1, 0.15) is 10.8 Å². The number of furan rings is 1. The summed E-state index contributed by atoms with van der Waals surface area (Å²) in [4.78, 5) is 36.0. The summed E-state index contributed by atoms with van der Waals surface area (Å²) in [6.45, 7) is 2.15. The summed E-state index contributed by atoms with van der Waals surface area (Å²) in [5.74, 6) is 1.10. The third-order valence-electron chi connectivity index (χ3n) is 6.38. The molecule has 1 aliphatic carbocycles. The fraction of sp³-hybridized carbons (Fsp3) is 0.296. The van der Waals surface area contributed by atoms with Crippen molar-refractivity contribution in [2.24, 2.45) is 5.10 Å². The van der Waals surface area contributed by atoms with Gasteiger partial charge in [0.25, 0.3) is 17.5 Å². The van der Waals surface area contributed by atoms with Crippen LogP contribution in [-0.4, -0.2) is 43.2 Å². The number of fused-ring (bicyclic) bond motifs is 1. The van der Waals surface area contributed by atoms with Gasteiger partial charge in [0.2, 0.25) is 0 Å². The average molecular weight is 555 g/mol. The first kappa shape index (κ1) is 27.6. The lowest BCUT2D eigenvalue weighted by molar-refractivity contribution is -0.384. The van der Waals surface area contributed by atoms with Crippen LogP contribution in [0.5, 0.6) is 11.5 Å². The largest absolute Gasteiger partial charge is 0.493 e. The monoisotopic (exact) mass is 554 g/mol. The first-order valence-corrected chi connectivity index (χ1v) is 12.5.